The lowest BCUT2D eigenvalue weighted by Crippen LogP contribution is -2.61. The van der Waals surface area contributed by atoms with E-state index < -0.39 is 168 Å². The maximum atomic E-state index is 15.8. The molecule has 6 heterocycles. The summed E-state index contributed by atoms with van der Waals surface area (Å²) in [5.41, 5.74) is 4.88. The highest BCUT2D eigenvalue weighted by Crippen LogP contribution is 2.32. The first-order valence-electron chi connectivity index (χ1n) is 39.1. The number of rotatable bonds is 22. The van der Waals surface area contributed by atoms with Crippen molar-refractivity contribution in [2.45, 2.75) is 165 Å². The lowest BCUT2D eigenvalue weighted by molar-refractivity contribution is -0.136. The third-order valence-electron chi connectivity index (χ3n) is 21.0. The number of hydrogen-bond acceptors (Lipinski definition) is 18. The first kappa shape index (κ1) is 85.9. The molecule has 0 aliphatic carbocycles. The second-order valence-electron chi connectivity index (χ2n) is 30.5. The van der Waals surface area contributed by atoms with Crippen LogP contribution >= 0.6 is 21.6 Å². The van der Waals surface area contributed by atoms with Gasteiger partial charge in [0.15, 0.2) is 5.78 Å². The Morgan fingerprint density at radius 3 is 1.39 bits per heavy atom. The van der Waals surface area contributed by atoms with Crippen molar-refractivity contribution in [1.82, 2.24) is 82.2 Å². The molecular weight excluding hydrogens is 1490 g/mol. The van der Waals surface area contributed by atoms with Gasteiger partial charge in [0.1, 0.15) is 59.6 Å². The van der Waals surface area contributed by atoms with Crippen LogP contribution in [0, 0.1) is 23.7 Å². The van der Waals surface area contributed by atoms with E-state index >= 15 is 47.9 Å². The van der Waals surface area contributed by atoms with Crippen molar-refractivity contribution in [3.8, 4) is 0 Å². The average Bonchev–Trinajstić information content (AvgIpc) is 1.66. The summed E-state index contributed by atoms with van der Waals surface area (Å²) in [6.07, 6.45) is 9.58. The molecule has 8 aromatic rings. The van der Waals surface area contributed by atoms with Gasteiger partial charge in [-0.05, 0) is 128 Å². The first-order valence-corrected chi connectivity index (χ1v) is 41.6. The summed E-state index contributed by atoms with van der Waals surface area (Å²) in [4.78, 5) is 209. The molecule has 0 spiro atoms. The van der Waals surface area contributed by atoms with Crippen LogP contribution in [-0.4, -0.2) is 211 Å². The highest BCUT2D eigenvalue weighted by atomic mass is 33.1. The van der Waals surface area contributed by atoms with Crippen molar-refractivity contribution in [3.63, 3.8) is 0 Å². The number of H-pyrrole nitrogens is 4. The number of Topliss-reactive ketones (excluding diaryl/α,β-unsaturated/α-hetero) is 4. The van der Waals surface area contributed by atoms with Crippen molar-refractivity contribution < 1.29 is 57.5 Å². The fourth-order valence-electron chi connectivity index (χ4n) is 14.4. The number of unbranched alkanes of at least 4 members (excludes halogenated alkanes) is 2. The van der Waals surface area contributed by atoms with Gasteiger partial charge in [0, 0.05) is 134 Å². The summed E-state index contributed by atoms with van der Waals surface area (Å²) in [5, 5.41) is 24.6. The summed E-state index contributed by atoms with van der Waals surface area (Å²) in [7, 11) is 9.82. The largest absolute Gasteiger partial charge is 0.361 e. The van der Waals surface area contributed by atoms with Crippen LogP contribution in [0.3, 0.4) is 0 Å². The number of para-hydroxylation sites is 2. The van der Waals surface area contributed by atoms with Crippen molar-refractivity contribution in [3.05, 3.63) is 180 Å². The van der Waals surface area contributed by atoms with Crippen LogP contribution in [0.25, 0.3) is 21.8 Å². The lowest BCUT2D eigenvalue weighted by atomic mass is 9.82. The number of carbonyl (C=O) groups excluding carboxylic acids is 12. The first-order chi connectivity index (χ1) is 54.9. The predicted octanol–water partition coefficient (Wildman–Crippen LogP) is 5.94. The highest BCUT2D eigenvalue weighted by Gasteiger charge is 2.39. The number of benzene rings is 4. The van der Waals surface area contributed by atoms with Gasteiger partial charge in [-0.3, -0.25) is 57.5 Å². The average molecular weight is 1600 g/mol. The lowest BCUT2D eigenvalue weighted by Gasteiger charge is -2.28. The van der Waals surface area contributed by atoms with Gasteiger partial charge in [-0.25, -0.2) is 9.97 Å². The molecule has 114 heavy (non-hydrogen) atoms. The number of nitrogens with zero attached hydrogens (tertiary/aromatic N) is 4. The summed E-state index contributed by atoms with van der Waals surface area (Å²) in [5.74, 6) is -13.1. The monoisotopic (exact) mass is 1590 g/mol. The predicted molar refractivity (Wildman–Crippen MR) is 438 cm³/mol. The second kappa shape index (κ2) is 42.5. The summed E-state index contributed by atoms with van der Waals surface area (Å²) in [6.45, 7) is 4.24. The molecule has 12 atom stereocenters. The normalized spacial score (nSPS) is 24.0. The fraction of sp³-hybridized carbons (Fsp3) is 0.452. The van der Waals surface area contributed by atoms with E-state index in [-0.39, 0.29) is 62.9 Å². The molecule has 2 aliphatic rings. The Labute approximate surface area is 671 Å². The van der Waals surface area contributed by atoms with Crippen molar-refractivity contribution in [2.24, 2.45) is 23.7 Å². The molecule has 12 N–H and O–H groups in total. The molecular formula is C84H106N16O12S2. The maximum absolute atomic E-state index is 15.8. The van der Waals surface area contributed by atoms with E-state index in [0.717, 1.165) is 43.4 Å². The Kier molecular flexibility index (Phi) is 32.0. The fourth-order valence-corrected chi connectivity index (χ4v) is 16.9. The van der Waals surface area contributed by atoms with Crippen LogP contribution in [0.1, 0.15) is 112 Å². The Morgan fingerprint density at radius 1 is 0.377 bits per heavy atom. The molecule has 10 rings (SSSR count). The van der Waals surface area contributed by atoms with E-state index in [1.807, 2.05) is 86.5 Å². The van der Waals surface area contributed by atoms with E-state index in [1.54, 1.807) is 86.2 Å². The van der Waals surface area contributed by atoms with Crippen molar-refractivity contribution in [1.29, 1.82) is 0 Å². The van der Waals surface area contributed by atoms with Crippen LogP contribution in [0.4, 0.5) is 0 Å². The van der Waals surface area contributed by atoms with E-state index in [1.165, 1.54) is 25.8 Å². The van der Waals surface area contributed by atoms with Gasteiger partial charge in [0.2, 0.25) is 47.3 Å². The van der Waals surface area contributed by atoms with Crippen LogP contribution in [0.5, 0.6) is 0 Å². The minimum absolute atomic E-state index is 0.0186. The number of ketones is 4. The quantitative estimate of drug-likeness (QED) is 0.0276. The van der Waals surface area contributed by atoms with Crippen LogP contribution in [0.15, 0.2) is 147 Å². The molecule has 30 heteroatoms. The van der Waals surface area contributed by atoms with Gasteiger partial charge in [-0.15, -0.1) is 0 Å². The highest BCUT2D eigenvalue weighted by molar-refractivity contribution is 8.76. The topological polar surface area (TPSA) is 396 Å². The minimum atomic E-state index is -1.54. The van der Waals surface area contributed by atoms with E-state index in [4.69, 9.17) is 0 Å². The number of amides is 8. The zero-order valence-corrected chi connectivity index (χ0v) is 67.1. The summed E-state index contributed by atoms with van der Waals surface area (Å²) >= 11 is 0. The molecule has 2 bridgehead atoms. The number of hydrogen-bond donors (Lipinski definition) is 12. The molecule has 0 radical (unpaired) electrons. The molecule has 8 amide bonds. The molecule has 2 aliphatic heterocycles. The number of fused-ring (bicyclic) bond motifs is 7. The van der Waals surface area contributed by atoms with Gasteiger partial charge in [0.05, 0.1) is 36.0 Å². The van der Waals surface area contributed by atoms with Crippen LogP contribution in [-0.2, 0) is 96.1 Å². The molecule has 2 saturated heterocycles. The molecule has 0 unspecified atom stereocenters. The van der Waals surface area contributed by atoms with Gasteiger partial charge in [-0.2, -0.15) is 0 Å². The SMILES string of the molecule is C[C@@H]1CC(=O)[C@@H]2CSSC[C@H](NC(=O)[C@H](Cc3c[nH]c4ccccc34)NC(=O)[C@H](CCCCN(C)C)NC(=O)[C@@H](Cc3ccccc3)NC(=O)[C@H](Cc3c[nH]cn3)CC1=O)C(=O)N[C@@H](C)C(=O)N[C@@H](Cc1c[nH]cn1)C(=O)N[C@H](Cc1ccccc1)C(=O)N[C@@H](CCCCN(C)C)C(=O)C[C@@H](Cc1c[nH]c3ccccc13)C(=O)C2. The van der Waals surface area contributed by atoms with E-state index in [9.17, 15) is 9.59 Å². The van der Waals surface area contributed by atoms with Gasteiger partial charge in [-0.1, -0.05) is 126 Å². The number of nitrogens with one attached hydrogen (secondary N) is 12. The van der Waals surface area contributed by atoms with Gasteiger partial charge < -0.3 is 72.3 Å². The van der Waals surface area contributed by atoms with Gasteiger partial charge >= 0.3 is 0 Å². The van der Waals surface area contributed by atoms with Crippen LogP contribution < -0.4 is 42.5 Å². The van der Waals surface area contributed by atoms with Gasteiger partial charge in [0.25, 0.3) is 0 Å². The smallest absolute Gasteiger partial charge is 0.244 e. The third-order valence-corrected chi connectivity index (χ3v) is 23.5. The Hall–Kier alpha value is -10.6. The summed E-state index contributed by atoms with van der Waals surface area (Å²) < 4.78 is 0. The van der Waals surface area contributed by atoms with Crippen LogP contribution in [0.2, 0.25) is 0 Å². The zero-order chi connectivity index (χ0) is 81.2. The van der Waals surface area contributed by atoms with Crippen molar-refractivity contribution in [2.75, 3.05) is 52.8 Å². The summed E-state index contributed by atoms with van der Waals surface area (Å²) in [6, 6.07) is 21.6. The van der Waals surface area contributed by atoms with E-state index in [2.05, 4.69) is 72.4 Å². The number of aromatic nitrogens is 6. The Morgan fingerprint density at radius 2 is 0.833 bits per heavy atom. The molecule has 2 fully saturated rings. The van der Waals surface area contributed by atoms with Crippen molar-refractivity contribution >= 4 is 114 Å². The Balaban J connectivity index is 1.08. The molecule has 606 valence electrons. The molecule has 4 aromatic heterocycles. The standard InChI is InChI=1S/C84H106N16O12S2/c1-51-33-74(102)59-41-75(103)55(36-57-43-87-64-27-15-13-25-62(57)64)39-76(104)66(29-17-19-31-99(3)4)92-80(108)69(35-54-23-11-8-12-24-54)96-83(111)71(42-61-46-86-50-90-61)94-77(105)52(2)91-84(112)72(48-114-113-47-59)98-82(110)70(38-58-44-88-65-28-16-14-26-63(58)65)97-79(107)67(30-18-20-32-100(5)6)93-81(109)68(34-53-21-9-7-10-22-53)95-78(106)56(40-73(51)101)37-60-45-85-49-89-60/h7-16,21-28,43-46,49-52,55-56,59,66-72,87-88H,17-20,29-42,47-48H2,1-6H3,(H,85,89)(H,86,90)(H,91,112)(H,92,108)(H,93,109)(H,94,105)(H,95,106)(H,96,111)(H,97,107)(H,98,110)/t51-,52+,55-,56-,59+,66+,67+,68-,69-,70+,71+,72+/m1/s1. The number of carbonyl (C=O) groups is 12. The number of aromatic amines is 4. The second-order valence-corrected chi connectivity index (χ2v) is 33.1. The third kappa shape index (κ3) is 25.5. The Bertz CT molecular complexity index is 4290. The van der Waals surface area contributed by atoms with E-state index in [0.29, 0.717) is 72.4 Å². The molecule has 28 nitrogen and oxygen atoms in total. The zero-order valence-electron chi connectivity index (χ0n) is 65.4. The maximum Gasteiger partial charge on any atom is 0.244 e. The molecule has 4 aromatic carbocycles. The molecule has 0 saturated carbocycles. The number of imidazole rings is 2. The minimum Gasteiger partial charge on any atom is -0.361 e.